The molecule has 2 atom stereocenters. The number of carbonyl (C=O) groups is 1. The minimum absolute atomic E-state index is 0.0701. The third kappa shape index (κ3) is 5.09. The largest absolute Gasteiger partial charge is 0.384 e. The van der Waals surface area contributed by atoms with Crippen LogP contribution in [-0.2, 0) is 6.42 Å². The molecule has 33 heavy (non-hydrogen) atoms. The van der Waals surface area contributed by atoms with Gasteiger partial charge in [-0.1, -0.05) is 55.0 Å². The lowest BCUT2D eigenvalue weighted by Crippen LogP contribution is -2.58. The average Bonchev–Trinajstić information content (AvgIpc) is 2.84. The Morgan fingerprint density at radius 1 is 0.939 bits per heavy atom. The molecule has 2 aromatic carbocycles. The van der Waals surface area contributed by atoms with E-state index in [0.29, 0.717) is 23.7 Å². The number of nitrogens with zero attached hydrogens (tertiary/aromatic N) is 2. The number of rotatable bonds is 6. The van der Waals surface area contributed by atoms with E-state index in [-0.39, 0.29) is 5.91 Å². The van der Waals surface area contributed by atoms with E-state index >= 15 is 0 Å². The molecule has 1 aliphatic carbocycles. The number of anilines is 1. The lowest BCUT2D eigenvalue weighted by molar-refractivity contribution is 0.0433. The second-order valence-electron chi connectivity index (χ2n) is 9.47. The SMILES string of the molecule is Nc1cccc(-c2ccc(CCN3CC4CCCC(C3)C4NC(=O)c3ccccc3)cc2)n1. The van der Waals surface area contributed by atoms with Gasteiger partial charge in [-0.05, 0) is 60.9 Å². The summed E-state index contributed by atoms with van der Waals surface area (Å²) in [6.07, 6.45) is 4.72. The number of amides is 1. The van der Waals surface area contributed by atoms with Crippen LogP contribution < -0.4 is 11.1 Å². The van der Waals surface area contributed by atoms with E-state index < -0.39 is 0 Å². The fourth-order valence-corrected chi connectivity index (χ4v) is 5.52. The van der Waals surface area contributed by atoms with Gasteiger partial charge in [-0.2, -0.15) is 0 Å². The summed E-state index contributed by atoms with van der Waals surface area (Å²) in [6, 6.07) is 24.3. The van der Waals surface area contributed by atoms with E-state index in [1.54, 1.807) is 0 Å². The number of aromatic nitrogens is 1. The smallest absolute Gasteiger partial charge is 0.251 e. The second-order valence-corrected chi connectivity index (χ2v) is 9.47. The van der Waals surface area contributed by atoms with Crippen LogP contribution in [0.5, 0.6) is 0 Å². The predicted octanol–water partition coefficient (Wildman–Crippen LogP) is 4.40. The highest BCUT2D eigenvalue weighted by molar-refractivity contribution is 5.94. The molecule has 1 amide bonds. The number of hydrogen-bond acceptors (Lipinski definition) is 4. The van der Waals surface area contributed by atoms with Crippen molar-refractivity contribution in [1.29, 1.82) is 0 Å². The first-order chi connectivity index (χ1) is 16.2. The molecule has 1 aromatic heterocycles. The molecular weight excluding hydrogens is 408 g/mol. The lowest BCUT2D eigenvalue weighted by atomic mass is 9.73. The summed E-state index contributed by atoms with van der Waals surface area (Å²) >= 11 is 0. The molecule has 0 spiro atoms. The van der Waals surface area contributed by atoms with Crippen LogP contribution in [-0.4, -0.2) is 41.5 Å². The van der Waals surface area contributed by atoms with Crippen LogP contribution >= 0.6 is 0 Å². The molecule has 2 bridgehead atoms. The van der Waals surface area contributed by atoms with Gasteiger partial charge < -0.3 is 16.0 Å². The number of benzene rings is 2. The Hall–Kier alpha value is -3.18. The molecular formula is C28H32N4O. The third-order valence-corrected chi connectivity index (χ3v) is 7.22. The molecule has 3 N–H and O–H groups in total. The lowest BCUT2D eigenvalue weighted by Gasteiger charge is -2.47. The van der Waals surface area contributed by atoms with E-state index in [9.17, 15) is 4.79 Å². The van der Waals surface area contributed by atoms with Crippen molar-refractivity contribution in [3.05, 3.63) is 83.9 Å². The van der Waals surface area contributed by atoms with Crippen molar-refractivity contribution in [2.75, 3.05) is 25.4 Å². The predicted molar refractivity (Wildman–Crippen MR) is 133 cm³/mol. The Kier molecular flexibility index (Phi) is 6.40. The summed E-state index contributed by atoms with van der Waals surface area (Å²) in [7, 11) is 0. The quantitative estimate of drug-likeness (QED) is 0.596. The number of likely N-dealkylation sites (tertiary alicyclic amines) is 1. The molecule has 2 fully saturated rings. The minimum atomic E-state index is 0.0701. The van der Waals surface area contributed by atoms with E-state index in [1.165, 1.54) is 24.8 Å². The van der Waals surface area contributed by atoms with Crippen molar-refractivity contribution >= 4 is 11.7 Å². The minimum Gasteiger partial charge on any atom is -0.384 e. The molecule has 5 rings (SSSR count). The third-order valence-electron chi connectivity index (χ3n) is 7.22. The van der Waals surface area contributed by atoms with E-state index in [1.807, 2.05) is 48.5 Å². The van der Waals surface area contributed by atoms with Gasteiger partial charge in [0.2, 0.25) is 0 Å². The summed E-state index contributed by atoms with van der Waals surface area (Å²) in [4.78, 5) is 19.8. The second kappa shape index (κ2) is 9.75. The Labute approximate surface area is 196 Å². The van der Waals surface area contributed by atoms with Crippen molar-refractivity contribution in [1.82, 2.24) is 15.2 Å². The number of fused-ring (bicyclic) bond motifs is 2. The maximum absolute atomic E-state index is 12.7. The number of piperidine rings is 1. The number of nitrogens with one attached hydrogen (secondary N) is 1. The molecule has 2 aliphatic rings. The fourth-order valence-electron chi connectivity index (χ4n) is 5.52. The number of nitrogen functional groups attached to an aromatic ring is 1. The first-order valence-electron chi connectivity index (χ1n) is 12.1. The molecule has 170 valence electrons. The summed E-state index contributed by atoms with van der Waals surface area (Å²) in [5.74, 6) is 1.70. The Morgan fingerprint density at radius 3 is 2.36 bits per heavy atom. The average molecular weight is 441 g/mol. The molecule has 0 radical (unpaired) electrons. The van der Waals surface area contributed by atoms with Crippen molar-refractivity contribution in [2.45, 2.75) is 31.7 Å². The van der Waals surface area contributed by atoms with Gasteiger partial charge >= 0.3 is 0 Å². The zero-order chi connectivity index (χ0) is 22.6. The summed E-state index contributed by atoms with van der Waals surface area (Å²) in [5, 5.41) is 3.38. The van der Waals surface area contributed by atoms with Gasteiger partial charge in [0.05, 0.1) is 5.69 Å². The molecule has 5 heteroatoms. The Morgan fingerprint density at radius 2 is 1.67 bits per heavy atom. The monoisotopic (exact) mass is 440 g/mol. The molecule has 5 nitrogen and oxygen atoms in total. The highest BCUT2D eigenvalue weighted by Crippen LogP contribution is 2.35. The van der Waals surface area contributed by atoms with Crippen LogP contribution in [0.3, 0.4) is 0 Å². The van der Waals surface area contributed by atoms with Gasteiger partial charge in [-0.25, -0.2) is 4.98 Å². The first-order valence-corrected chi connectivity index (χ1v) is 12.1. The van der Waals surface area contributed by atoms with Crippen LogP contribution in [0.1, 0.15) is 35.2 Å². The van der Waals surface area contributed by atoms with Crippen LogP contribution in [0, 0.1) is 11.8 Å². The molecule has 2 heterocycles. The maximum Gasteiger partial charge on any atom is 0.251 e. The number of pyridine rings is 1. The molecule has 1 aliphatic heterocycles. The number of hydrogen-bond donors (Lipinski definition) is 2. The Bertz CT molecular complexity index is 1070. The highest BCUT2D eigenvalue weighted by atomic mass is 16.1. The standard InChI is InChI=1S/C28H32N4O/c29-26-11-5-10-25(30-26)21-14-12-20(13-15-21)16-17-32-18-23-8-4-9-24(19-32)27(23)31-28(33)22-6-2-1-3-7-22/h1-3,5-7,10-15,23-24,27H,4,8-9,16-19H2,(H2,29,30)(H,31,33). The van der Waals surface area contributed by atoms with Crippen molar-refractivity contribution in [3.63, 3.8) is 0 Å². The molecule has 1 saturated carbocycles. The van der Waals surface area contributed by atoms with Gasteiger partial charge in [-0.15, -0.1) is 0 Å². The zero-order valence-electron chi connectivity index (χ0n) is 19.0. The van der Waals surface area contributed by atoms with Crippen molar-refractivity contribution in [2.24, 2.45) is 11.8 Å². The zero-order valence-corrected chi connectivity index (χ0v) is 19.0. The maximum atomic E-state index is 12.7. The van der Waals surface area contributed by atoms with Gasteiger partial charge in [0.25, 0.3) is 5.91 Å². The topological polar surface area (TPSA) is 71.2 Å². The van der Waals surface area contributed by atoms with Crippen molar-refractivity contribution in [3.8, 4) is 11.3 Å². The summed E-state index contributed by atoms with van der Waals surface area (Å²) in [6.45, 7) is 3.20. The Balaban J connectivity index is 1.17. The van der Waals surface area contributed by atoms with Crippen molar-refractivity contribution < 1.29 is 4.79 Å². The summed E-state index contributed by atoms with van der Waals surface area (Å²) in [5.41, 5.74) is 9.92. The van der Waals surface area contributed by atoms with Crippen LogP contribution in [0.15, 0.2) is 72.8 Å². The number of nitrogens with two attached hydrogens (primary N) is 1. The highest BCUT2D eigenvalue weighted by Gasteiger charge is 2.40. The van der Waals surface area contributed by atoms with Gasteiger partial charge in [0.1, 0.15) is 5.82 Å². The normalized spacial score (nSPS) is 22.6. The van der Waals surface area contributed by atoms with Gasteiger partial charge in [0.15, 0.2) is 0 Å². The van der Waals surface area contributed by atoms with E-state index in [0.717, 1.165) is 42.9 Å². The van der Waals surface area contributed by atoms with E-state index in [4.69, 9.17) is 5.73 Å². The molecule has 2 unspecified atom stereocenters. The molecule has 1 saturated heterocycles. The van der Waals surface area contributed by atoms with Gasteiger partial charge in [-0.3, -0.25) is 4.79 Å². The van der Waals surface area contributed by atoms with Crippen LogP contribution in [0.2, 0.25) is 0 Å². The fraction of sp³-hybridized carbons (Fsp3) is 0.357. The number of carbonyl (C=O) groups excluding carboxylic acids is 1. The van der Waals surface area contributed by atoms with Gasteiger partial charge in [0, 0.05) is 36.8 Å². The van der Waals surface area contributed by atoms with E-state index in [2.05, 4.69) is 39.5 Å². The summed E-state index contributed by atoms with van der Waals surface area (Å²) < 4.78 is 0. The van der Waals surface area contributed by atoms with Crippen LogP contribution in [0.25, 0.3) is 11.3 Å². The first kappa shape index (κ1) is 21.7. The molecule has 3 aromatic rings. The van der Waals surface area contributed by atoms with Crippen LogP contribution in [0.4, 0.5) is 5.82 Å².